The summed E-state index contributed by atoms with van der Waals surface area (Å²) >= 11 is 0. The van der Waals surface area contributed by atoms with Crippen molar-refractivity contribution in [3.05, 3.63) is 41.6 Å². The van der Waals surface area contributed by atoms with Gasteiger partial charge in [0.05, 0.1) is 0 Å². The van der Waals surface area contributed by atoms with E-state index in [1.165, 1.54) is 18.4 Å². The molecule has 0 atom stereocenters. The first-order chi connectivity index (χ1) is 7.83. The van der Waals surface area contributed by atoms with E-state index >= 15 is 0 Å². The van der Waals surface area contributed by atoms with Crippen molar-refractivity contribution >= 4 is 11.5 Å². The molecule has 0 aromatic carbocycles. The monoisotopic (exact) mass is 213 g/mol. The molecule has 3 heteroatoms. The zero-order valence-corrected chi connectivity index (χ0v) is 9.19. The Morgan fingerprint density at radius 3 is 3.06 bits per heavy atom. The molecule has 0 saturated carbocycles. The molecule has 1 aromatic rings. The van der Waals surface area contributed by atoms with Crippen molar-refractivity contribution in [2.45, 2.75) is 12.8 Å². The SMILES string of the molecule is Nc1ccnc(N2CC3=C(CCC=C3)C2)c1. The lowest BCUT2D eigenvalue weighted by Gasteiger charge is -2.17. The molecule has 16 heavy (non-hydrogen) atoms. The van der Waals surface area contributed by atoms with Crippen molar-refractivity contribution in [1.29, 1.82) is 0 Å². The molecule has 0 unspecified atom stereocenters. The van der Waals surface area contributed by atoms with Crippen LogP contribution < -0.4 is 10.6 Å². The Morgan fingerprint density at radius 2 is 2.25 bits per heavy atom. The van der Waals surface area contributed by atoms with E-state index in [9.17, 15) is 0 Å². The van der Waals surface area contributed by atoms with Crippen LogP contribution >= 0.6 is 0 Å². The number of nitrogens with zero attached hydrogens (tertiary/aromatic N) is 2. The van der Waals surface area contributed by atoms with Crippen LogP contribution in [0.2, 0.25) is 0 Å². The van der Waals surface area contributed by atoms with Crippen molar-refractivity contribution in [1.82, 2.24) is 4.98 Å². The Balaban J connectivity index is 1.83. The van der Waals surface area contributed by atoms with Crippen LogP contribution in [-0.2, 0) is 0 Å². The van der Waals surface area contributed by atoms with E-state index in [2.05, 4.69) is 22.0 Å². The van der Waals surface area contributed by atoms with Gasteiger partial charge in [0.2, 0.25) is 0 Å². The van der Waals surface area contributed by atoms with Crippen LogP contribution in [0.3, 0.4) is 0 Å². The third-order valence-electron chi connectivity index (χ3n) is 3.22. The van der Waals surface area contributed by atoms with Crippen molar-refractivity contribution < 1.29 is 0 Å². The second-order valence-corrected chi connectivity index (χ2v) is 4.37. The largest absolute Gasteiger partial charge is 0.399 e. The van der Waals surface area contributed by atoms with Crippen LogP contribution in [0.4, 0.5) is 11.5 Å². The lowest BCUT2D eigenvalue weighted by Crippen LogP contribution is -2.21. The highest BCUT2D eigenvalue weighted by Gasteiger charge is 2.22. The molecule has 1 aliphatic carbocycles. The summed E-state index contributed by atoms with van der Waals surface area (Å²) in [5.41, 5.74) is 9.59. The highest BCUT2D eigenvalue weighted by atomic mass is 15.2. The average molecular weight is 213 g/mol. The minimum atomic E-state index is 0.783. The summed E-state index contributed by atoms with van der Waals surface area (Å²) in [5, 5.41) is 0. The summed E-state index contributed by atoms with van der Waals surface area (Å²) < 4.78 is 0. The Kier molecular flexibility index (Phi) is 2.17. The lowest BCUT2D eigenvalue weighted by atomic mass is 10.0. The molecular formula is C13H15N3. The molecule has 1 aliphatic heterocycles. The Hall–Kier alpha value is -1.77. The van der Waals surface area contributed by atoms with Crippen LogP contribution in [0, 0.1) is 0 Å². The summed E-state index contributed by atoms with van der Waals surface area (Å²) in [6, 6.07) is 3.77. The summed E-state index contributed by atoms with van der Waals surface area (Å²) in [5.74, 6) is 0.989. The Bertz CT molecular complexity index is 474. The highest BCUT2D eigenvalue weighted by molar-refractivity contribution is 5.55. The number of hydrogen-bond donors (Lipinski definition) is 1. The van der Waals surface area contributed by atoms with Crippen LogP contribution in [0.5, 0.6) is 0 Å². The van der Waals surface area contributed by atoms with Gasteiger partial charge in [0.15, 0.2) is 0 Å². The van der Waals surface area contributed by atoms with Crippen molar-refractivity contribution in [3.8, 4) is 0 Å². The minimum Gasteiger partial charge on any atom is -0.399 e. The molecule has 2 N–H and O–H groups in total. The molecule has 1 aromatic heterocycles. The Labute approximate surface area is 95.3 Å². The molecule has 0 spiro atoms. The van der Waals surface area contributed by atoms with E-state index in [4.69, 9.17) is 5.73 Å². The van der Waals surface area contributed by atoms with Gasteiger partial charge in [0.1, 0.15) is 5.82 Å². The number of rotatable bonds is 1. The first kappa shape index (κ1) is 9.46. The van der Waals surface area contributed by atoms with Gasteiger partial charge in [0, 0.05) is 31.0 Å². The second-order valence-electron chi connectivity index (χ2n) is 4.37. The number of allylic oxidation sites excluding steroid dienone is 1. The summed E-state index contributed by atoms with van der Waals surface area (Å²) in [4.78, 5) is 6.66. The van der Waals surface area contributed by atoms with Gasteiger partial charge in [-0.3, -0.25) is 0 Å². The molecule has 0 saturated heterocycles. The van der Waals surface area contributed by atoms with Crippen LogP contribution in [0.25, 0.3) is 0 Å². The number of anilines is 2. The maximum Gasteiger partial charge on any atom is 0.131 e. The smallest absolute Gasteiger partial charge is 0.131 e. The number of pyridine rings is 1. The van der Waals surface area contributed by atoms with Gasteiger partial charge in [0.25, 0.3) is 0 Å². The van der Waals surface area contributed by atoms with Gasteiger partial charge in [-0.1, -0.05) is 12.2 Å². The molecule has 2 aliphatic rings. The van der Waals surface area contributed by atoms with Gasteiger partial charge < -0.3 is 10.6 Å². The summed E-state index contributed by atoms with van der Waals surface area (Å²) in [7, 11) is 0. The molecular weight excluding hydrogens is 198 g/mol. The third kappa shape index (κ3) is 1.58. The van der Waals surface area contributed by atoms with Gasteiger partial charge >= 0.3 is 0 Å². The van der Waals surface area contributed by atoms with E-state index in [1.807, 2.05) is 12.1 Å². The van der Waals surface area contributed by atoms with Crippen molar-refractivity contribution in [2.75, 3.05) is 23.7 Å². The van der Waals surface area contributed by atoms with Crippen molar-refractivity contribution in [3.63, 3.8) is 0 Å². The number of hydrogen-bond acceptors (Lipinski definition) is 3. The molecule has 0 amide bonds. The standard InChI is InChI=1S/C13H15N3/c14-12-5-6-15-13(7-12)16-8-10-3-1-2-4-11(10)9-16/h1,3,5-7H,2,4,8-9H2,(H2,14,15). The lowest BCUT2D eigenvalue weighted by molar-refractivity contribution is 0.899. The predicted octanol–water partition coefficient (Wildman–Crippen LogP) is 2.13. The minimum absolute atomic E-state index is 0.783. The maximum absolute atomic E-state index is 5.78. The van der Waals surface area contributed by atoms with E-state index in [1.54, 1.807) is 11.8 Å². The molecule has 3 nitrogen and oxygen atoms in total. The normalized spacial score (nSPS) is 19.1. The second kappa shape index (κ2) is 3.67. The molecule has 3 rings (SSSR count). The molecule has 2 heterocycles. The highest BCUT2D eigenvalue weighted by Crippen LogP contribution is 2.29. The maximum atomic E-state index is 5.78. The van der Waals surface area contributed by atoms with Gasteiger partial charge in [-0.05, 0) is 30.1 Å². The van der Waals surface area contributed by atoms with E-state index < -0.39 is 0 Å². The van der Waals surface area contributed by atoms with Gasteiger partial charge in [-0.15, -0.1) is 0 Å². The van der Waals surface area contributed by atoms with Crippen LogP contribution in [0.1, 0.15) is 12.8 Å². The number of nitrogens with two attached hydrogens (primary N) is 1. The predicted molar refractivity (Wildman–Crippen MR) is 66.3 cm³/mol. The number of nitrogen functional groups attached to an aromatic ring is 1. The van der Waals surface area contributed by atoms with Gasteiger partial charge in [-0.25, -0.2) is 4.98 Å². The quantitative estimate of drug-likeness (QED) is 0.777. The van der Waals surface area contributed by atoms with E-state index in [0.29, 0.717) is 0 Å². The fourth-order valence-corrected chi connectivity index (χ4v) is 2.37. The summed E-state index contributed by atoms with van der Waals surface area (Å²) in [6.07, 6.45) is 8.67. The zero-order valence-electron chi connectivity index (χ0n) is 9.19. The first-order valence-electron chi connectivity index (χ1n) is 5.67. The number of aromatic nitrogens is 1. The average Bonchev–Trinajstić information content (AvgIpc) is 2.72. The third-order valence-corrected chi connectivity index (χ3v) is 3.22. The molecule has 0 bridgehead atoms. The van der Waals surface area contributed by atoms with Crippen LogP contribution in [-0.4, -0.2) is 18.1 Å². The zero-order chi connectivity index (χ0) is 11.0. The van der Waals surface area contributed by atoms with Crippen LogP contribution in [0.15, 0.2) is 41.6 Å². The summed E-state index contributed by atoms with van der Waals surface area (Å²) in [6.45, 7) is 1.98. The molecule has 0 radical (unpaired) electrons. The first-order valence-corrected chi connectivity index (χ1v) is 5.67. The molecule has 82 valence electrons. The Morgan fingerprint density at radius 1 is 1.31 bits per heavy atom. The fourth-order valence-electron chi connectivity index (χ4n) is 2.37. The van der Waals surface area contributed by atoms with Crippen molar-refractivity contribution in [2.24, 2.45) is 0 Å². The van der Waals surface area contributed by atoms with E-state index in [-0.39, 0.29) is 0 Å². The van der Waals surface area contributed by atoms with E-state index in [0.717, 1.165) is 24.6 Å². The topological polar surface area (TPSA) is 42.1 Å². The fraction of sp³-hybridized carbons (Fsp3) is 0.308. The molecule has 0 fully saturated rings. The van der Waals surface area contributed by atoms with Gasteiger partial charge in [-0.2, -0.15) is 0 Å².